The van der Waals surface area contributed by atoms with Gasteiger partial charge in [0, 0.05) is 27.8 Å². The van der Waals surface area contributed by atoms with E-state index in [1.54, 1.807) is 6.26 Å². The van der Waals surface area contributed by atoms with Gasteiger partial charge in [-0.2, -0.15) is 0 Å². The van der Waals surface area contributed by atoms with E-state index < -0.39 is 0 Å². The van der Waals surface area contributed by atoms with E-state index in [0.717, 1.165) is 27.8 Å². The number of benzene rings is 5. The van der Waals surface area contributed by atoms with Gasteiger partial charge in [-0.25, -0.2) is 9.97 Å². The number of nitrogens with zero attached hydrogens (tertiary/aromatic N) is 3. The molecule has 0 spiro atoms. The Morgan fingerprint density at radius 1 is 0.634 bits per heavy atom. The van der Waals surface area contributed by atoms with Crippen molar-refractivity contribution < 1.29 is 4.42 Å². The van der Waals surface area contributed by atoms with Crippen LogP contribution < -0.4 is 0 Å². The Balaban J connectivity index is 1.38. The minimum atomic E-state index is -0.182. The fraction of sp³-hybridized carbons (Fsp3) is 0.0811. The lowest BCUT2D eigenvalue weighted by molar-refractivity contribution is 0.614. The average molecular weight is 528 g/mol. The van der Waals surface area contributed by atoms with Gasteiger partial charge in [-0.1, -0.05) is 105 Å². The molecule has 194 valence electrons. The normalized spacial score (nSPS) is 13.8. The van der Waals surface area contributed by atoms with Gasteiger partial charge >= 0.3 is 0 Å². The van der Waals surface area contributed by atoms with Crippen molar-refractivity contribution in [3.63, 3.8) is 0 Å². The molecule has 9 rings (SSSR count). The summed E-state index contributed by atoms with van der Waals surface area (Å²) in [4.78, 5) is 10.4. The van der Waals surface area contributed by atoms with Crippen molar-refractivity contribution in [3.8, 4) is 28.3 Å². The van der Waals surface area contributed by atoms with Gasteiger partial charge < -0.3 is 4.42 Å². The quantitative estimate of drug-likeness (QED) is 0.225. The van der Waals surface area contributed by atoms with Crippen LogP contribution in [0.25, 0.3) is 72.0 Å². The van der Waals surface area contributed by atoms with Crippen molar-refractivity contribution >= 4 is 43.7 Å². The second kappa shape index (κ2) is 7.92. The molecule has 0 fully saturated rings. The van der Waals surface area contributed by atoms with E-state index in [1.165, 1.54) is 43.8 Å². The van der Waals surface area contributed by atoms with Gasteiger partial charge in [-0.15, -0.1) is 0 Å². The third kappa shape index (κ3) is 2.94. The number of rotatable bonds is 2. The highest BCUT2D eigenvalue weighted by atomic mass is 16.3. The molecule has 0 unspecified atom stereocenters. The predicted molar refractivity (Wildman–Crippen MR) is 167 cm³/mol. The van der Waals surface area contributed by atoms with Crippen LogP contribution in [0.4, 0.5) is 0 Å². The van der Waals surface area contributed by atoms with Crippen LogP contribution in [0, 0.1) is 0 Å². The molecule has 4 nitrogen and oxygen atoms in total. The van der Waals surface area contributed by atoms with E-state index in [2.05, 4.69) is 122 Å². The van der Waals surface area contributed by atoms with Crippen LogP contribution in [0.2, 0.25) is 0 Å². The maximum Gasteiger partial charge on any atom is 0.236 e. The number of para-hydroxylation sites is 1. The fourth-order valence-electron chi connectivity index (χ4n) is 7.13. The minimum absolute atomic E-state index is 0.182. The number of hydrogen-bond donors (Lipinski definition) is 0. The monoisotopic (exact) mass is 527 g/mol. The van der Waals surface area contributed by atoms with Crippen LogP contribution in [0.15, 0.2) is 120 Å². The van der Waals surface area contributed by atoms with Crippen LogP contribution >= 0.6 is 0 Å². The summed E-state index contributed by atoms with van der Waals surface area (Å²) in [6.45, 7) is 4.61. The summed E-state index contributed by atoms with van der Waals surface area (Å²) in [6, 6.07) is 38.7. The molecule has 0 saturated heterocycles. The van der Waals surface area contributed by atoms with E-state index >= 15 is 0 Å². The summed E-state index contributed by atoms with van der Waals surface area (Å²) < 4.78 is 8.28. The Morgan fingerprint density at radius 3 is 2.32 bits per heavy atom. The van der Waals surface area contributed by atoms with Crippen molar-refractivity contribution in [2.24, 2.45) is 0 Å². The Kier molecular flexibility index (Phi) is 4.36. The van der Waals surface area contributed by atoms with Crippen molar-refractivity contribution in [2.45, 2.75) is 19.3 Å². The van der Waals surface area contributed by atoms with Crippen molar-refractivity contribution in [1.82, 2.24) is 14.5 Å². The van der Waals surface area contributed by atoms with Crippen molar-refractivity contribution in [3.05, 3.63) is 127 Å². The molecule has 5 aromatic carbocycles. The topological polar surface area (TPSA) is 43.9 Å². The molecular formula is C37H25N3O. The molecule has 3 aromatic heterocycles. The highest BCUT2D eigenvalue weighted by Crippen LogP contribution is 2.52. The van der Waals surface area contributed by atoms with Crippen LogP contribution in [-0.2, 0) is 5.41 Å². The largest absolute Gasteiger partial charge is 0.460 e. The van der Waals surface area contributed by atoms with Crippen LogP contribution in [-0.4, -0.2) is 14.5 Å². The minimum Gasteiger partial charge on any atom is -0.460 e. The molecule has 1 aliphatic rings. The SMILES string of the molecule is CC1(C)c2ccccc2-c2cccc(-c3nc(-n4c5ccccc5c5c6ccccc6ccc54)nc4ccoc34)c21. The first-order valence-corrected chi connectivity index (χ1v) is 14.0. The van der Waals surface area contributed by atoms with Crippen LogP contribution in [0.5, 0.6) is 0 Å². The molecule has 0 saturated carbocycles. The Hall–Kier alpha value is -5.22. The number of fused-ring (bicyclic) bond motifs is 9. The first-order chi connectivity index (χ1) is 20.1. The summed E-state index contributed by atoms with van der Waals surface area (Å²) in [5.74, 6) is 0.640. The predicted octanol–water partition coefficient (Wildman–Crippen LogP) is 9.45. The van der Waals surface area contributed by atoms with E-state index in [1.807, 2.05) is 6.07 Å². The Labute approximate surface area is 236 Å². The van der Waals surface area contributed by atoms with Crippen LogP contribution in [0.1, 0.15) is 25.0 Å². The number of aromatic nitrogens is 3. The summed E-state index contributed by atoms with van der Waals surface area (Å²) >= 11 is 0. The molecule has 8 aromatic rings. The van der Waals surface area contributed by atoms with Crippen molar-refractivity contribution in [1.29, 1.82) is 0 Å². The summed E-state index contributed by atoms with van der Waals surface area (Å²) in [7, 11) is 0. The van der Waals surface area contributed by atoms with Gasteiger partial charge in [0.2, 0.25) is 5.95 Å². The first kappa shape index (κ1) is 22.6. The average Bonchev–Trinajstić information content (AvgIpc) is 3.68. The lowest BCUT2D eigenvalue weighted by Crippen LogP contribution is -2.16. The summed E-state index contributed by atoms with van der Waals surface area (Å²) in [5, 5.41) is 4.85. The standard InChI is InChI=1S/C37H25N3O/c1-37(2)28-16-7-5-12-24(28)25-14-9-15-27(33(25)37)34-35-29(20-21-41-35)38-36(39-34)40-30-17-8-6-13-26(30)32-23-11-4-3-10-22(23)18-19-31(32)40/h3-21H,1-2H3. The fourth-order valence-corrected chi connectivity index (χ4v) is 7.13. The lowest BCUT2D eigenvalue weighted by Gasteiger charge is -2.24. The van der Waals surface area contributed by atoms with Gasteiger partial charge in [0.1, 0.15) is 11.2 Å². The maximum atomic E-state index is 6.08. The zero-order valence-electron chi connectivity index (χ0n) is 22.7. The Bertz CT molecular complexity index is 2350. The van der Waals surface area contributed by atoms with Crippen molar-refractivity contribution in [2.75, 3.05) is 0 Å². The molecule has 0 atom stereocenters. The molecule has 0 aliphatic heterocycles. The molecule has 0 bridgehead atoms. The molecule has 0 amide bonds. The van der Waals surface area contributed by atoms with Gasteiger partial charge in [0.25, 0.3) is 0 Å². The van der Waals surface area contributed by atoms with E-state index in [0.29, 0.717) is 11.5 Å². The molecule has 1 aliphatic carbocycles. The van der Waals surface area contributed by atoms with E-state index in [9.17, 15) is 0 Å². The molecule has 41 heavy (non-hydrogen) atoms. The highest BCUT2D eigenvalue weighted by Gasteiger charge is 2.38. The maximum absolute atomic E-state index is 6.08. The smallest absolute Gasteiger partial charge is 0.236 e. The Morgan fingerprint density at radius 2 is 1.39 bits per heavy atom. The summed E-state index contributed by atoms with van der Waals surface area (Å²) in [5.41, 5.74) is 10.5. The number of hydrogen-bond acceptors (Lipinski definition) is 3. The zero-order valence-corrected chi connectivity index (χ0v) is 22.7. The molecule has 0 radical (unpaired) electrons. The molecule has 4 heteroatoms. The second-order valence-corrected chi connectivity index (χ2v) is 11.4. The van der Waals surface area contributed by atoms with Gasteiger partial charge in [-0.3, -0.25) is 4.57 Å². The van der Waals surface area contributed by atoms with Gasteiger partial charge in [0.05, 0.1) is 17.3 Å². The second-order valence-electron chi connectivity index (χ2n) is 11.4. The van der Waals surface area contributed by atoms with Gasteiger partial charge in [-0.05, 0) is 45.2 Å². The molecular weight excluding hydrogens is 502 g/mol. The zero-order chi connectivity index (χ0) is 27.3. The third-order valence-electron chi connectivity index (χ3n) is 8.89. The number of furan rings is 1. The van der Waals surface area contributed by atoms with Crippen LogP contribution in [0.3, 0.4) is 0 Å². The molecule has 3 heterocycles. The lowest BCUT2D eigenvalue weighted by atomic mass is 9.79. The van der Waals surface area contributed by atoms with E-state index in [4.69, 9.17) is 14.4 Å². The third-order valence-corrected chi connectivity index (χ3v) is 8.89. The first-order valence-electron chi connectivity index (χ1n) is 14.0. The molecule has 0 N–H and O–H groups in total. The van der Waals surface area contributed by atoms with E-state index in [-0.39, 0.29) is 5.41 Å². The highest BCUT2D eigenvalue weighted by molar-refractivity contribution is 6.21. The van der Waals surface area contributed by atoms with Gasteiger partial charge in [0.15, 0.2) is 5.58 Å². The summed E-state index contributed by atoms with van der Waals surface area (Å²) in [6.07, 6.45) is 1.72.